The van der Waals surface area contributed by atoms with Crippen LogP contribution in [-0.2, 0) is 0 Å². The first-order chi connectivity index (χ1) is 9.26. The van der Waals surface area contributed by atoms with Gasteiger partial charge in [-0.1, -0.05) is 26.2 Å². The molecule has 0 aromatic carbocycles. The van der Waals surface area contributed by atoms with Crippen molar-refractivity contribution in [2.24, 2.45) is 5.92 Å². The van der Waals surface area contributed by atoms with Crippen molar-refractivity contribution in [3.8, 4) is 0 Å². The first-order valence-corrected chi connectivity index (χ1v) is 8.33. The molecule has 1 aliphatic heterocycles. The lowest BCUT2D eigenvalue weighted by Gasteiger charge is -2.24. The van der Waals surface area contributed by atoms with E-state index in [0.717, 1.165) is 13.0 Å². The number of nitrogens with one attached hydrogen (secondary N) is 2. The fraction of sp³-hybridized carbons (Fsp3) is 1.00. The van der Waals surface area contributed by atoms with Gasteiger partial charge in [0.1, 0.15) is 0 Å². The summed E-state index contributed by atoms with van der Waals surface area (Å²) in [6.45, 7) is 7.10. The predicted octanol–water partition coefficient (Wildman–Crippen LogP) is 2.69. The quantitative estimate of drug-likeness (QED) is 0.603. The number of hydrogen-bond acceptors (Lipinski definition) is 3. The van der Waals surface area contributed by atoms with Crippen molar-refractivity contribution in [2.75, 3.05) is 19.7 Å². The van der Waals surface area contributed by atoms with Gasteiger partial charge in [0.25, 0.3) is 0 Å². The second kappa shape index (κ2) is 10.6. The van der Waals surface area contributed by atoms with Gasteiger partial charge in [-0.25, -0.2) is 0 Å². The van der Waals surface area contributed by atoms with Gasteiger partial charge in [0.2, 0.25) is 0 Å². The third kappa shape index (κ3) is 7.91. The molecule has 0 bridgehead atoms. The van der Waals surface area contributed by atoms with E-state index < -0.39 is 0 Å². The summed E-state index contributed by atoms with van der Waals surface area (Å²) in [6, 6.07) is 1.28. The van der Waals surface area contributed by atoms with Crippen LogP contribution in [0.3, 0.4) is 0 Å². The molecule has 3 nitrogen and oxygen atoms in total. The maximum Gasteiger partial charge on any atom is 0.0434 e. The maximum atomic E-state index is 9.08. The Hall–Kier alpha value is -0.120. The van der Waals surface area contributed by atoms with Crippen LogP contribution in [0.25, 0.3) is 0 Å². The summed E-state index contributed by atoms with van der Waals surface area (Å²) in [5.74, 6) is 0.638. The molecule has 19 heavy (non-hydrogen) atoms. The van der Waals surface area contributed by atoms with Crippen molar-refractivity contribution < 1.29 is 5.11 Å². The van der Waals surface area contributed by atoms with E-state index in [1.165, 1.54) is 51.5 Å². The molecule has 0 radical (unpaired) electrons. The fourth-order valence-corrected chi connectivity index (χ4v) is 3.12. The molecule has 1 aliphatic rings. The topological polar surface area (TPSA) is 44.3 Å². The lowest BCUT2D eigenvalue weighted by molar-refractivity contribution is 0.244. The van der Waals surface area contributed by atoms with Gasteiger partial charge in [-0.3, -0.25) is 0 Å². The van der Waals surface area contributed by atoms with E-state index in [-0.39, 0.29) is 0 Å². The highest BCUT2D eigenvalue weighted by atomic mass is 16.3. The second-order valence-electron chi connectivity index (χ2n) is 6.21. The highest BCUT2D eigenvalue weighted by molar-refractivity contribution is 4.76. The summed E-state index contributed by atoms with van der Waals surface area (Å²) in [6.07, 6.45) is 10.1. The monoisotopic (exact) mass is 270 g/mol. The molecule has 1 saturated heterocycles. The molecule has 0 aromatic heterocycles. The Morgan fingerprint density at radius 3 is 2.84 bits per heavy atom. The van der Waals surface area contributed by atoms with Crippen LogP contribution in [0, 0.1) is 5.92 Å². The molecule has 0 aliphatic carbocycles. The summed E-state index contributed by atoms with van der Waals surface area (Å²) in [4.78, 5) is 0. The van der Waals surface area contributed by atoms with E-state index in [1.807, 2.05) is 0 Å². The molecule has 0 saturated carbocycles. The highest BCUT2D eigenvalue weighted by Gasteiger charge is 2.15. The highest BCUT2D eigenvalue weighted by Crippen LogP contribution is 2.14. The molecule has 1 rings (SSSR count). The number of hydrogen-bond donors (Lipinski definition) is 3. The lowest BCUT2D eigenvalue weighted by Crippen LogP contribution is -2.38. The third-order valence-electron chi connectivity index (χ3n) is 4.29. The Morgan fingerprint density at radius 2 is 2.11 bits per heavy atom. The molecule has 0 amide bonds. The Morgan fingerprint density at radius 1 is 1.26 bits per heavy atom. The minimum absolute atomic E-state index is 0.324. The van der Waals surface area contributed by atoms with Crippen LogP contribution in [0.1, 0.15) is 65.2 Å². The molecule has 1 fully saturated rings. The van der Waals surface area contributed by atoms with Crippen molar-refractivity contribution in [3.63, 3.8) is 0 Å². The molecule has 3 N–H and O–H groups in total. The van der Waals surface area contributed by atoms with Crippen molar-refractivity contribution >= 4 is 0 Å². The molecule has 3 unspecified atom stereocenters. The van der Waals surface area contributed by atoms with Gasteiger partial charge < -0.3 is 15.7 Å². The van der Waals surface area contributed by atoms with Gasteiger partial charge in [-0.15, -0.1) is 0 Å². The summed E-state index contributed by atoms with van der Waals surface area (Å²) in [5, 5.41) is 16.4. The number of rotatable bonds is 9. The smallest absolute Gasteiger partial charge is 0.0434 e. The van der Waals surface area contributed by atoms with Gasteiger partial charge in [0, 0.05) is 18.7 Å². The largest absolute Gasteiger partial charge is 0.396 e. The van der Waals surface area contributed by atoms with Crippen LogP contribution < -0.4 is 10.6 Å². The van der Waals surface area contributed by atoms with Crippen LogP contribution in [0.2, 0.25) is 0 Å². The number of aliphatic hydroxyl groups is 1. The first-order valence-electron chi connectivity index (χ1n) is 8.33. The zero-order chi connectivity index (χ0) is 13.9. The van der Waals surface area contributed by atoms with Gasteiger partial charge in [-0.05, 0) is 58.0 Å². The van der Waals surface area contributed by atoms with Crippen molar-refractivity contribution in [1.82, 2.24) is 10.6 Å². The van der Waals surface area contributed by atoms with E-state index in [0.29, 0.717) is 24.6 Å². The van der Waals surface area contributed by atoms with Crippen molar-refractivity contribution in [2.45, 2.75) is 77.3 Å². The normalized spacial score (nSPS) is 23.8. The molecule has 3 heteroatoms. The molecular formula is C16H34N2O. The van der Waals surface area contributed by atoms with Gasteiger partial charge in [0.15, 0.2) is 0 Å². The number of aliphatic hydroxyl groups excluding tert-OH is 1. The van der Waals surface area contributed by atoms with E-state index in [4.69, 9.17) is 5.11 Å². The average molecular weight is 270 g/mol. The van der Waals surface area contributed by atoms with Crippen molar-refractivity contribution in [3.05, 3.63) is 0 Å². The fourth-order valence-electron chi connectivity index (χ4n) is 3.12. The Labute approximate surface area is 119 Å². The van der Waals surface area contributed by atoms with E-state index in [1.54, 1.807) is 0 Å². The van der Waals surface area contributed by atoms with Crippen LogP contribution in [-0.4, -0.2) is 36.9 Å². The summed E-state index contributed by atoms with van der Waals surface area (Å²) < 4.78 is 0. The molecule has 0 spiro atoms. The minimum atomic E-state index is 0.324. The zero-order valence-electron chi connectivity index (χ0n) is 13.0. The second-order valence-corrected chi connectivity index (χ2v) is 6.21. The Bertz CT molecular complexity index is 197. The van der Waals surface area contributed by atoms with Gasteiger partial charge in [0.05, 0.1) is 0 Å². The lowest BCUT2D eigenvalue weighted by atomic mass is 9.98. The summed E-state index contributed by atoms with van der Waals surface area (Å²) >= 11 is 0. The maximum absolute atomic E-state index is 9.08. The summed E-state index contributed by atoms with van der Waals surface area (Å²) in [5.41, 5.74) is 0. The molecule has 114 valence electrons. The van der Waals surface area contributed by atoms with Gasteiger partial charge in [-0.2, -0.15) is 0 Å². The first kappa shape index (κ1) is 16.9. The third-order valence-corrected chi connectivity index (χ3v) is 4.29. The predicted molar refractivity (Wildman–Crippen MR) is 82.4 cm³/mol. The molecule has 1 heterocycles. The molecule has 3 atom stereocenters. The SMILES string of the molecule is CCCC(CCO)CNC(C)CC1CCCCCN1. The van der Waals surface area contributed by atoms with E-state index >= 15 is 0 Å². The van der Waals surface area contributed by atoms with Crippen molar-refractivity contribution in [1.29, 1.82) is 0 Å². The Kier molecular flexibility index (Phi) is 9.48. The minimum Gasteiger partial charge on any atom is -0.396 e. The van der Waals surface area contributed by atoms with Gasteiger partial charge >= 0.3 is 0 Å². The Balaban J connectivity index is 2.19. The van der Waals surface area contributed by atoms with Crippen LogP contribution in [0.5, 0.6) is 0 Å². The van der Waals surface area contributed by atoms with Crippen LogP contribution >= 0.6 is 0 Å². The van der Waals surface area contributed by atoms with Crippen LogP contribution in [0.4, 0.5) is 0 Å². The van der Waals surface area contributed by atoms with E-state index in [9.17, 15) is 0 Å². The van der Waals surface area contributed by atoms with Crippen LogP contribution in [0.15, 0.2) is 0 Å². The standard InChI is InChI=1S/C16H34N2O/c1-3-7-15(9-11-19)13-18-14(2)12-16-8-5-4-6-10-17-16/h14-19H,3-13H2,1-2H3. The zero-order valence-corrected chi connectivity index (χ0v) is 13.0. The van der Waals surface area contributed by atoms with E-state index in [2.05, 4.69) is 24.5 Å². The molecule has 0 aromatic rings. The average Bonchev–Trinajstić information content (AvgIpc) is 2.65. The summed E-state index contributed by atoms with van der Waals surface area (Å²) in [7, 11) is 0. The molecular weight excluding hydrogens is 236 g/mol.